The summed E-state index contributed by atoms with van der Waals surface area (Å²) in [6.07, 6.45) is 3.33. The smallest absolute Gasteiger partial charge is 0.257 e. The molecule has 24 heavy (non-hydrogen) atoms. The molecule has 0 atom stereocenters. The summed E-state index contributed by atoms with van der Waals surface area (Å²) >= 11 is 0. The molecule has 0 spiro atoms. The van der Waals surface area contributed by atoms with Crippen molar-refractivity contribution in [1.29, 1.82) is 5.26 Å². The highest BCUT2D eigenvalue weighted by Gasteiger charge is 2.16. The molecule has 6 heteroatoms. The molecule has 1 aliphatic heterocycles. The Kier molecular flexibility index (Phi) is 4.73. The summed E-state index contributed by atoms with van der Waals surface area (Å²) in [6, 6.07) is 10.9. The fraction of sp³-hybridized carbons (Fsp3) is 0.278. The van der Waals surface area contributed by atoms with Gasteiger partial charge in [0.1, 0.15) is 6.07 Å². The Morgan fingerprint density at radius 3 is 2.71 bits per heavy atom. The molecular weight excluding hydrogens is 302 g/mol. The van der Waals surface area contributed by atoms with Gasteiger partial charge in [0.05, 0.1) is 28.7 Å². The van der Waals surface area contributed by atoms with Crippen molar-refractivity contribution in [3.05, 3.63) is 53.9 Å². The monoisotopic (exact) mass is 321 g/mol. The molecule has 1 aromatic carbocycles. The molecule has 0 aliphatic carbocycles. The number of para-hydroxylation sites is 1. The minimum absolute atomic E-state index is 0.263. The standard InChI is InChI=1S/C18H19N5O/c1-22-6-8-23(9-7-22)16-10-15(12-20-13-16)18(24)21-17-5-3-2-4-14(17)11-19/h2-5,10,12-13H,6-9H2,1H3,(H,21,24). The number of hydrogen-bond donors (Lipinski definition) is 1. The van der Waals surface area contributed by atoms with Crippen LogP contribution >= 0.6 is 0 Å². The Bertz CT molecular complexity index is 775. The van der Waals surface area contributed by atoms with E-state index < -0.39 is 0 Å². The number of nitrogens with one attached hydrogen (secondary N) is 1. The zero-order valence-corrected chi connectivity index (χ0v) is 13.6. The number of hydrogen-bond acceptors (Lipinski definition) is 5. The minimum Gasteiger partial charge on any atom is -0.368 e. The molecule has 6 nitrogen and oxygen atoms in total. The third-order valence-corrected chi connectivity index (χ3v) is 4.15. The predicted molar refractivity (Wildman–Crippen MR) is 93.1 cm³/mol. The third-order valence-electron chi connectivity index (χ3n) is 4.15. The van der Waals surface area contributed by atoms with Crippen LogP contribution in [-0.2, 0) is 0 Å². The van der Waals surface area contributed by atoms with E-state index in [1.165, 1.54) is 0 Å². The number of aromatic nitrogens is 1. The first-order chi connectivity index (χ1) is 11.7. The molecule has 3 rings (SSSR count). The molecule has 1 N–H and O–H groups in total. The molecule has 0 bridgehead atoms. The van der Waals surface area contributed by atoms with E-state index in [1.54, 1.807) is 36.7 Å². The van der Waals surface area contributed by atoms with Crippen LogP contribution in [0.5, 0.6) is 0 Å². The first-order valence-corrected chi connectivity index (χ1v) is 7.86. The second-order valence-corrected chi connectivity index (χ2v) is 5.83. The molecule has 1 aromatic heterocycles. The van der Waals surface area contributed by atoms with Crippen LogP contribution in [0, 0.1) is 11.3 Å². The molecule has 0 unspecified atom stereocenters. The van der Waals surface area contributed by atoms with Crippen LogP contribution < -0.4 is 10.2 Å². The maximum atomic E-state index is 12.5. The Morgan fingerprint density at radius 2 is 1.96 bits per heavy atom. The Morgan fingerprint density at radius 1 is 1.21 bits per heavy atom. The van der Waals surface area contributed by atoms with Crippen LogP contribution in [0.15, 0.2) is 42.7 Å². The van der Waals surface area contributed by atoms with E-state index in [9.17, 15) is 4.79 Å². The van der Waals surface area contributed by atoms with Crippen molar-refractivity contribution in [2.45, 2.75) is 0 Å². The Labute approximate surface area is 141 Å². The zero-order valence-electron chi connectivity index (χ0n) is 13.6. The van der Waals surface area contributed by atoms with E-state index in [-0.39, 0.29) is 5.91 Å². The lowest BCUT2D eigenvalue weighted by atomic mass is 10.1. The van der Waals surface area contributed by atoms with Crippen molar-refractivity contribution in [1.82, 2.24) is 9.88 Å². The van der Waals surface area contributed by atoms with Crippen molar-refractivity contribution in [2.24, 2.45) is 0 Å². The number of pyridine rings is 1. The molecule has 0 saturated carbocycles. The van der Waals surface area contributed by atoms with Crippen molar-refractivity contribution in [2.75, 3.05) is 43.4 Å². The number of nitrogens with zero attached hydrogens (tertiary/aromatic N) is 4. The summed E-state index contributed by atoms with van der Waals surface area (Å²) in [6.45, 7) is 3.82. The Balaban J connectivity index is 1.76. The van der Waals surface area contributed by atoms with Crippen LogP contribution in [0.2, 0.25) is 0 Å². The van der Waals surface area contributed by atoms with Gasteiger partial charge in [-0.3, -0.25) is 9.78 Å². The predicted octanol–water partition coefficient (Wildman–Crippen LogP) is 1.96. The van der Waals surface area contributed by atoms with Crippen LogP contribution in [0.1, 0.15) is 15.9 Å². The first kappa shape index (κ1) is 16.0. The number of rotatable bonds is 3. The highest BCUT2D eigenvalue weighted by Crippen LogP contribution is 2.19. The number of carbonyl (C=O) groups excluding carboxylic acids is 1. The maximum Gasteiger partial charge on any atom is 0.257 e. The highest BCUT2D eigenvalue weighted by atomic mass is 16.1. The summed E-state index contributed by atoms with van der Waals surface area (Å²) in [4.78, 5) is 21.2. The lowest BCUT2D eigenvalue weighted by Gasteiger charge is -2.33. The van der Waals surface area contributed by atoms with Crippen molar-refractivity contribution < 1.29 is 4.79 Å². The zero-order chi connectivity index (χ0) is 16.9. The van der Waals surface area contributed by atoms with Crippen LogP contribution in [0.4, 0.5) is 11.4 Å². The average Bonchev–Trinajstić information content (AvgIpc) is 2.63. The van der Waals surface area contributed by atoms with Gasteiger partial charge in [-0.1, -0.05) is 12.1 Å². The Hall–Kier alpha value is -2.91. The molecular formula is C18H19N5O. The minimum atomic E-state index is -0.263. The molecule has 2 aromatic rings. The molecule has 1 saturated heterocycles. The normalized spacial score (nSPS) is 14.9. The summed E-state index contributed by atoms with van der Waals surface area (Å²) < 4.78 is 0. The summed E-state index contributed by atoms with van der Waals surface area (Å²) in [5, 5.41) is 11.9. The highest BCUT2D eigenvalue weighted by molar-refractivity contribution is 6.05. The SMILES string of the molecule is CN1CCN(c2cncc(C(=O)Nc3ccccc3C#N)c2)CC1. The average molecular weight is 321 g/mol. The van der Waals surface area contributed by atoms with Gasteiger partial charge in [-0.15, -0.1) is 0 Å². The maximum absolute atomic E-state index is 12.5. The van der Waals surface area contributed by atoms with Gasteiger partial charge >= 0.3 is 0 Å². The van der Waals surface area contributed by atoms with Gasteiger partial charge in [0.2, 0.25) is 0 Å². The lowest BCUT2D eigenvalue weighted by molar-refractivity contribution is 0.102. The number of amides is 1. The van der Waals surface area contributed by atoms with Gasteiger partial charge in [-0.05, 0) is 25.2 Å². The van der Waals surface area contributed by atoms with Crippen molar-refractivity contribution in [3.8, 4) is 6.07 Å². The van der Waals surface area contributed by atoms with E-state index in [1.807, 2.05) is 6.07 Å². The van der Waals surface area contributed by atoms with Crippen LogP contribution in [-0.4, -0.2) is 49.0 Å². The topological polar surface area (TPSA) is 72.3 Å². The lowest BCUT2D eigenvalue weighted by Crippen LogP contribution is -2.44. The molecule has 1 fully saturated rings. The van der Waals surface area contributed by atoms with Crippen LogP contribution in [0.3, 0.4) is 0 Å². The summed E-state index contributed by atoms with van der Waals surface area (Å²) in [5.41, 5.74) is 2.38. The quantitative estimate of drug-likeness (QED) is 0.935. The second-order valence-electron chi connectivity index (χ2n) is 5.83. The van der Waals surface area contributed by atoms with Crippen LogP contribution in [0.25, 0.3) is 0 Å². The number of likely N-dealkylation sites (N-methyl/N-ethyl adjacent to an activating group) is 1. The van der Waals surface area contributed by atoms with Crippen molar-refractivity contribution in [3.63, 3.8) is 0 Å². The summed E-state index contributed by atoms with van der Waals surface area (Å²) in [7, 11) is 2.10. The van der Waals surface area contributed by atoms with E-state index in [0.29, 0.717) is 16.8 Å². The van der Waals surface area contributed by atoms with E-state index in [0.717, 1.165) is 31.9 Å². The molecule has 122 valence electrons. The molecule has 1 aliphatic rings. The van der Waals surface area contributed by atoms with Crippen molar-refractivity contribution >= 4 is 17.3 Å². The summed E-state index contributed by atoms with van der Waals surface area (Å²) in [5.74, 6) is -0.263. The number of nitriles is 1. The number of benzene rings is 1. The van der Waals surface area contributed by atoms with E-state index >= 15 is 0 Å². The second kappa shape index (κ2) is 7.11. The van der Waals surface area contributed by atoms with Gasteiger partial charge in [0.25, 0.3) is 5.91 Å². The van der Waals surface area contributed by atoms with Gasteiger partial charge in [-0.25, -0.2) is 0 Å². The van der Waals surface area contributed by atoms with Gasteiger partial charge in [0.15, 0.2) is 0 Å². The fourth-order valence-electron chi connectivity index (χ4n) is 2.67. The van der Waals surface area contributed by atoms with Gasteiger partial charge < -0.3 is 15.1 Å². The fourth-order valence-corrected chi connectivity index (χ4v) is 2.67. The number of anilines is 2. The molecule has 2 heterocycles. The molecule has 1 amide bonds. The van der Waals surface area contributed by atoms with E-state index in [4.69, 9.17) is 5.26 Å². The van der Waals surface area contributed by atoms with E-state index in [2.05, 4.69) is 33.2 Å². The van der Waals surface area contributed by atoms with Gasteiger partial charge in [-0.2, -0.15) is 5.26 Å². The number of piperazine rings is 1. The van der Waals surface area contributed by atoms with Gasteiger partial charge in [0, 0.05) is 32.4 Å². The largest absolute Gasteiger partial charge is 0.368 e. The molecule has 0 radical (unpaired) electrons. The number of carbonyl (C=O) groups is 1. The third kappa shape index (κ3) is 3.53. The first-order valence-electron chi connectivity index (χ1n) is 7.86.